The van der Waals surface area contributed by atoms with Crippen molar-refractivity contribution < 1.29 is 9.90 Å². The molecule has 0 aliphatic rings. The van der Waals surface area contributed by atoms with Crippen LogP contribution in [0.5, 0.6) is 0 Å². The molecule has 22 heavy (non-hydrogen) atoms. The molecule has 0 radical (unpaired) electrons. The van der Waals surface area contributed by atoms with Gasteiger partial charge >= 0.3 is 0 Å². The third kappa shape index (κ3) is 3.20. The summed E-state index contributed by atoms with van der Waals surface area (Å²) in [6.45, 7) is 0. The normalized spacial score (nSPS) is 12.9. The smallest absolute Gasteiger partial charge is 0.191 e. The van der Waals surface area contributed by atoms with Gasteiger partial charge in [-0.05, 0) is 5.56 Å². The Hall–Kier alpha value is -2.95. The van der Waals surface area contributed by atoms with Crippen molar-refractivity contribution in [3.05, 3.63) is 71.8 Å². The second-order valence-electron chi connectivity index (χ2n) is 4.85. The summed E-state index contributed by atoms with van der Waals surface area (Å²) >= 11 is 0. The van der Waals surface area contributed by atoms with Crippen LogP contribution in [0.2, 0.25) is 0 Å². The Kier molecular flexibility index (Phi) is 5.03. The molecule has 0 bridgehead atoms. The van der Waals surface area contributed by atoms with Crippen LogP contribution in [0, 0.1) is 28.6 Å². The highest BCUT2D eigenvalue weighted by Crippen LogP contribution is 2.29. The summed E-state index contributed by atoms with van der Waals surface area (Å²) < 4.78 is 0. The van der Waals surface area contributed by atoms with E-state index in [-0.39, 0.29) is 0 Å². The first kappa shape index (κ1) is 15.4. The lowest BCUT2D eigenvalue weighted by atomic mass is 9.80. The molecule has 1 N–H and O–H groups in total. The number of aliphatic hydroxyl groups is 1. The number of rotatable bonds is 5. The lowest BCUT2D eigenvalue weighted by Gasteiger charge is -2.23. The number of Topliss-reactive ketones (excluding diaryl/α,β-unsaturated/α-hetero) is 1. The molecule has 0 heterocycles. The third-order valence-electron chi connectivity index (χ3n) is 3.49. The molecular formula is C18H14N2O2. The Bertz CT molecular complexity index is 700. The fourth-order valence-corrected chi connectivity index (χ4v) is 2.36. The van der Waals surface area contributed by atoms with Gasteiger partial charge in [-0.15, -0.1) is 0 Å². The largest absolute Gasteiger partial charge is 0.384 e. The lowest BCUT2D eigenvalue weighted by Crippen LogP contribution is -2.32. The Morgan fingerprint density at radius 3 is 1.91 bits per heavy atom. The van der Waals surface area contributed by atoms with Gasteiger partial charge in [0, 0.05) is 11.5 Å². The van der Waals surface area contributed by atoms with Crippen LogP contribution in [0.1, 0.15) is 21.8 Å². The Balaban J connectivity index is 2.40. The van der Waals surface area contributed by atoms with E-state index in [0.717, 1.165) is 0 Å². The zero-order chi connectivity index (χ0) is 15.9. The first-order valence-electron chi connectivity index (χ1n) is 6.80. The molecule has 4 nitrogen and oxygen atoms in total. The van der Waals surface area contributed by atoms with Crippen molar-refractivity contribution >= 4 is 5.78 Å². The van der Waals surface area contributed by atoms with Crippen LogP contribution >= 0.6 is 0 Å². The number of hydrogen-bond donors (Lipinski definition) is 1. The van der Waals surface area contributed by atoms with Crippen LogP contribution in [0.4, 0.5) is 0 Å². The summed E-state index contributed by atoms with van der Waals surface area (Å²) in [5, 5.41) is 28.8. The number of nitrogens with zero attached hydrogens (tertiary/aromatic N) is 2. The minimum Gasteiger partial charge on any atom is -0.384 e. The summed E-state index contributed by atoms with van der Waals surface area (Å²) in [7, 11) is 0. The van der Waals surface area contributed by atoms with Crippen molar-refractivity contribution in [1.82, 2.24) is 0 Å². The fourth-order valence-electron chi connectivity index (χ4n) is 2.36. The van der Waals surface area contributed by atoms with E-state index >= 15 is 0 Å². The van der Waals surface area contributed by atoms with Crippen LogP contribution in [0.3, 0.4) is 0 Å². The van der Waals surface area contributed by atoms with E-state index in [2.05, 4.69) is 0 Å². The van der Waals surface area contributed by atoms with Crippen LogP contribution in [-0.2, 0) is 0 Å². The van der Waals surface area contributed by atoms with Crippen LogP contribution in [0.25, 0.3) is 0 Å². The summed E-state index contributed by atoms with van der Waals surface area (Å²) in [6, 6.07) is 20.8. The summed E-state index contributed by atoms with van der Waals surface area (Å²) in [6.07, 6.45) is -1.45. The molecule has 2 atom stereocenters. The molecule has 4 heteroatoms. The molecule has 0 amide bonds. The van der Waals surface area contributed by atoms with Gasteiger partial charge in [0.15, 0.2) is 5.78 Å². The molecule has 0 spiro atoms. The van der Waals surface area contributed by atoms with Crippen molar-refractivity contribution in [2.24, 2.45) is 5.92 Å². The first-order chi connectivity index (χ1) is 10.7. The topological polar surface area (TPSA) is 84.9 Å². The molecule has 2 aromatic rings. The second-order valence-corrected chi connectivity index (χ2v) is 4.85. The maximum absolute atomic E-state index is 12.4. The summed E-state index contributed by atoms with van der Waals surface area (Å²) in [4.78, 5) is 12.4. The number of carbonyl (C=O) groups is 1. The quantitative estimate of drug-likeness (QED) is 0.858. The molecule has 2 rings (SSSR count). The molecule has 0 aliphatic carbocycles. The van der Waals surface area contributed by atoms with Crippen molar-refractivity contribution in [2.75, 3.05) is 0 Å². The fraction of sp³-hybridized carbons (Fsp3) is 0.167. The standard InChI is InChI=1S/C18H14N2O2/c19-11-15(12-20)16(13-7-3-1-4-8-13)18(22)17(21)14-9-5-2-6-10-14/h1-10,15-16,18,22H. The molecular weight excluding hydrogens is 276 g/mol. The van der Waals surface area contributed by atoms with Crippen molar-refractivity contribution in [1.29, 1.82) is 10.5 Å². The van der Waals surface area contributed by atoms with E-state index in [1.807, 2.05) is 12.1 Å². The van der Waals surface area contributed by atoms with Crippen molar-refractivity contribution in [3.8, 4) is 12.1 Å². The van der Waals surface area contributed by atoms with E-state index in [1.54, 1.807) is 60.7 Å². The van der Waals surface area contributed by atoms with Crippen LogP contribution in [0.15, 0.2) is 60.7 Å². The lowest BCUT2D eigenvalue weighted by molar-refractivity contribution is 0.0671. The Labute approximate surface area is 128 Å². The van der Waals surface area contributed by atoms with E-state index in [9.17, 15) is 9.90 Å². The van der Waals surface area contributed by atoms with Gasteiger partial charge in [-0.1, -0.05) is 60.7 Å². The Morgan fingerprint density at radius 1 is 0.909 bits per heavy atom. The average Bonchev–Trinajstić information content (AvgIpc) is 2.60. The predicted octanol–water partition coefficient (Wildman–Crippen LogP) is 2.68. The monoisotopic (exact) mass is 290 g/mol. The van der Waals surface area contributed by atoms with Gasteiger partial charge in [0.05, 0.1) is 12.1 Å². The average molecular weight is 290 g/mol. The highest BCUT2D eigenvalue weighted by atomic mass is 16.3. The van der Waals surface area contributed by atoms with E-state index < -0.39 is 23.7 Å². The minimum atomic E-state index is -1.45. The first-order valence-corrected chi connectivity index (χ1v) is 6.80. The van der Waals surface area contributed by atoms with Crippen LogP contribution < -0.4 is 0 Å². The number of hydrogen-bond acceptors (Lipinski definition) is 4. The van der Waals surface area contributed by atoms with E-state index in [1.165, 1.54) is 0 Å². The van der Waals surface area contributed by atoms with E-state index in [4.69, 9.17) is 10.5 Å². The van der Waals surface area contributed by atoms with Gasteiger partial charge in [0.1, 0.15) is 12.0 Å². The zero-order valence-electron chi connectivity index (χ0n) is 11.8. The minimum absolute atomic E-state index is 0.352. The van der Waals surface area contributed by atoms with Gasteiger partial charge in [-0.2, -0.15) is 10.5 Å². The van der Waals surface area contributed by atoms with Crippen LogP contribution in [-0.4, -0.2) is 17.0 Å². The summed E-state index contributed by atoms with van der Waals surface area (Å²) in [5.74, 6) is -2.49. The molecule has 108 valence electrons. The predicted molar refractivity (Wildman–Crippen MR) is 80.7 cm³/mol. The number of benzene rings is 2. The maximum atomic E-state index is 12.4. The molecule has 0 saturated carbocycles. The Morgan fingerprint density at radius 2 is 1.41 bits per heavy atom. The SMILES string of the molecule is N#CC(C#N)C(c1ccccc1)C(O)C(=O)c1ccccc1. The van der Waals surface area contributed by atoms with E-state index in [0.29, 0.717) is 11.1 Å². The number of ketones is 1. The zero-order valence-corrected chi connectivity index (χ0v) is 11.8. The second kappa shape index (κ2) is 7.17. The summed E-state index contributed by atoms with van der Waals surface area (Å²) in [5.41, 5.74) is 0.943. The number of nitriles is 2. The van der Waals surface area contributed by atoms with Gasteiger partial charge in [-0.25, -0.2) is 0 Å². The van der Waals surface area contributed by atoms with Gasteiger partial charge in [0.2, 0.25) is 0 Å². The highest BCUT2D eigenvalue weighted by Gasteiger charge is 2.34. The maximum Gasteiger partial charge on any atom is 0.191 e. The van der Waals surface area contributed by atoms with Crippen molar-refractivity contribution in [3.63, 3.8) is 0 Å². The van der Waals surface area contributed by atoms with Gasteiger partial charge < -0.3 is 5.11 Å². The van der Waals surface area contributed by atoms with Gasteiger partial charge in [-0.3, -0.25) is 4.79 Å². The molecule has 2 unspecified atom stereocenters. The molecule has 0 saturated heterocycles. The van der Waals surface area contributed by atoms with Crippen molar-refractivity contribution in [2.45, 2.75) is 12.0 Å². The highest BCUT2D eigenvalue weighted by molar-refractivity contribution is 6.00. The molecule has 0 fully saturated rings. The number of carbonyl (C=O) groups excluding carboxylic acids is 1. The number of aliphatic hydroxyl groups excluding tert-OH is 1. The molecule has 2 aromatic carbocycles. The molecule has 0 aliphatic heterocycles. The molecule has 0 aromatic heterocycles. The third-order valence-corrected chi connectivity index (χ3v) is 3.49. The van der Waals surface area contributed by atoms with Gasteiger partial charge in [0.25, 0.3) is 0 Å².